The van der Waals surface area contributed by atoms with E-state index in [1.807, 2.05) is 32.0 Å². The van der Waals surface area contributed by atoms with Crippen molar-refractivity contribution >= 4 is 0 Å². The number of nitrogens with two attached hydrogens (primary N) is 1. The summed E-state index contributed by atoms with van der Waals surface area (Å²) in [7, 11) is 0. The van der Waals surface area contributed by atoms with E-state index in [2.05, 4.69) is 24.0 Å². The second kappa shape index (κ2) is 3.96. The Morgan fingerprint density at radius 2 is 1.88 bits per heavy atom. The van der Waals surface area contributed by atoms with Crippen LogP contribution in [-0.2, 0) is 5.54 Å². The van der Waals surface area contributed by atoms with Gasteiger partial charge in [-0.3, -0.25) is 0 Å². The van der Waals surface area contributed by atoms with Crippen molar-refractivity contribution in [3.63, 3.8) is 0 Å². The van der Waals surface area contributed by atoms with Crippen molar-refractivity contribution < 1.29 is 4.52 Å². The lowest BCUT2D eigenvalue weighted by Gasteiger charge is -2.11. The maximum absolute atomic E-state index is 5.92. The van der Waals surface area contributed by atoms with Crippen molar-refractivity contribution in [2.24, 2.45) is 5.73 Å². The molecule has 0 aliphatic carbocycles. The van der Waals surface area contributed by atoms with Crippen LogP contribution in [0.25, 0.3) is 11.5 Å². The third-order valence-corrected chi connectivity index (χ3v) is 2.76. The molecule has 2 rings (SSSR count). The molecule has 0 aliphatic rings. The Kier molecular flexibility index (Phi) is 2.75. The van der Waals surface area contributed by atoms with E-state index >= 15 is 0 Å². The molecule has 0 fully saturated rings. The first-order valence-electron chi connectivity index (χ1n) is 5.58. The Balaban J connectivity index is 2.40. The van der Waals surface area contributed by atoms with Crippen LogP contribution in [0.15, 0.2) is 22.7 Å². The number of hydrogen-bond acceptors (Lipinski definition) is 4. The van der Waals surface area contributed by atoms with Crippen LogP contribution in [0, 0.1) is 13.8 Å². The Bertz CT molecular complexity index is 538. The van der Waals surface area contributed by atoms with Gasteiger partial charge in [-0.1, -0.05) is 11.2 Å². The second-order valence-electron chi connectivity index (χ2n) is 4.94. The van der Waals surface area contributed by atoms with Gasteiger partial charge < -0.3 is 10.3 Å². The largest absolute Gasteiger partial charge is 0.334 e. The second-order valence-corrected chi connectivity index (χ2v) is 4.94. The Labute approximate surface area is 101 Å². The minimum atomic E-state index is -0.582. The number of aromatic nitrogens is 2. The topological polar surface area (TPSA) is 64.9 Å². The van der Waals surface area contributed by atoms with Gasteiger partial charge in [0, 0.05) is 5.56 Å². The predicted octanol–water partition coefficient (Wildman–Crippen LogP) is 2.55. The highest BCUT2D eigenvalue weighted by Crippen LogP contribution is 2.22. The first kappa shape index (κ1) is 11.8. The summed E-state index contributed by atoms with van der Waals surface area (Å²) in [4.78, 5) is 4.32. The molecule has 0 saturated carbocycles. The standard InChI is InChI=1S/C13H17N3O/c1-8-5-6-10(7-9(8)2)11-15-12(16-17-11)13(3,4)14/h5-7H,14H2,1-4H3. The molecule has 1 aromatic carbocycles. The molecular formula is C13H17N3O. The summed E-state index contributed by atoms with van der Waals surface area (Å²) in [6.07, 6.45) is 0. The Hall–Kier alpha value is -1.68. The van der Waals surface area contributed by atoms with Crippen molar-refractivity contribution in [1.82, 2.24) is 10.1 Å². The molecule has 2 aromatic rings. The molecule has 4 heteroatoms. The highest BCUT2D eigenvalue weighted by Gasteiger charge is 2.21. The van der Waals surface area contributed by atoms with Gasteiger partial charge in [0.1, 0.15) is 0 Å². The van der Waals surface area contributed by atoms with Gasteiger partial charge in [0.25, 0.3) is 5.89 Å². The molecule has 0 aliphatic heterocycles. The monoisotopic (exact) mass is 231 g/mol. The molecule has 17 heavy (non-hydrogen) atoms. The van der Waals surface area contributed by atoms with Crippen LogP contribution in [0.1, 0.15) is 30.8 Å². The van der Waals surface area contributed by atoms with E-state index in [4.69, 9.17) is 10.3 Å². The molecule has 1 aromatic heterocycles. The van der Waals surface area contributed by atoms with E-state index in [0.29, 0.717) is 11.7 Å². The molecule has 0 atom stereocenters. The fourth-order valence-electron chi connectivity index (χ4n) is 1.48. The van der Waals surface area contributed by atoms with Crippen molar-refractivity contribution in [3.8, 4) is 11.5 Å². The number of rotatable bonds is 2. The summed E-state index contributed by atoms with van der Waals surface area (Å²) in [5, 5.41) is 3.90. The number of nitrogens with zero attached hydrogens (tertiary/aromatic N) is 2. The summed E-state index contributed by atoms with van der Waals surface area (Å²) < 4.78 is 5.23. The van der Waals surface area contributed by atoms with Gasteiger partial charge in [0.2, 0.25) is 0 Å². The zero-order valence-electron chi connectivity index (χ0n) is 10.6. The first-order valence-corrected chi connectivity index (χ1v) is 5.58. The van der Waals surface area contributed by atoms with Crippen LogP contribution in [0.3, 0.4) is 0 Å². The molecule has 0 amide bonds. The molecule has 90 valence electrons. The number of hydrogen-bond donors (Lipinski definition) is 1. The molecule has 4 nitrogen and oxygen atoms in total. The van der Waals surface area contributed by atoms with Crippen molar-refractivity contribution in [1.29, 1.82) is 0 Å². The molecule has 0 saturated heterocycles. The molecular weight excluding hydrogens is 214 g/mol. The summed E-state index contributed by atoms with van der Waals surface area (Å²) >= 11 is 0. The van der Waals surface area contributed by atoms with E-state index in [-0.39, 0.29) is 0 Å². The fraction of sp³-hybridized carbons (Fsp3) is 0.385. The van der Waals surface area contributed by atoms with Crippen LogP contribution in [0.2, 0.25) is 0 Å². The highest BCUT2D eigenvalue weighted by molar-refractivity contribution is 5.55. The minimum Gasteiger partial charge on any atom is -0.334 e. The van der Waals surface area contributed by atoms with Gasteiger partial charge in [0.15, 0.2) is 5.82 Å². The molecule has 0 bridgehead atoms. The molecule has 0 radical (unpaired) electrons. The third-order valence-electron chi connectivity index (χ3n) is 2.76. The van der Waals surface area contributed by atoms with E-state index < -0.39 is 5.54 Å². The van der Waals surface area contributed by atoms with E-state index in [1.54, 1.807) is 0 Å². The lowest BCUT2D eigenvalue weighted by molar-refractivity contribution is 0.397. The van der Waals surface area contributed by atoms with Gasteiger partial charge >= 0.3 is 0 Å². The van der Waals surface area contributed by atoms with Gasteiger partial charge in [0.05, 0.1) is 5.54 Å². The lowest BCUT2D eigenvalue weighted by atomic mass is 10.1. The van der Waals surface area contributed by atoms with Crippen LogP contribution in [0.4, 0.5) is 0 Å². The summed E-state index contributed by atoms with van der Waals surface area (Å²) in [5.41, 5.74) is 8.71. The lowest BCUT2D eigenvalue weighted by Crippen LogP contribution is -2.30. The van der Waals surface area contributed by atoms with E-state index in [9.17, 15) is 0 Å². The molecule has 0 unspecified atom stereocenters. The van der Waals surface area contributed by atoms with Gasteiger partial charge in [-0.05, 0) is 51.0 Å². The highest BCUT2D eigenvalue weighted by atomic mass is 16.5. The average molecular weight is 231 g/mol. The van der Waals surface area contributed by atoms with Crippen LogP contribution >= 0.6 is 0 Å². The Morgan fingerprint density at radius 3 is 2.41 bits per heavy atom. The molecule has 2 N–H and O–H groups in total. The number of aryl methyl sites for hydroxylation is 2. The normalized spacial score (nSPS) is 11.8. The van der Waals surface area contributed by atoms with Crippen LogP contribution in [-0.4, -0.2) is 10.1 Å². The fourth-order valence-corrected chi connectivity index (χ4v) is 1.48. The van der Waals surface area contributed by atoms with Crippen molar-refractivity contribution in [2.45, 2.75) is 33.2 Å². The zero-order chi connectivity index (χ0) is 12.6. The maximum atomic E-state index is 5.92. The predicted molar refractivity (Wildman–Crippen MR) is 66.4 cm³/mol. The van der Waals surface area contributed by atoms with E-state index in [0.717, 1.165) is 5.56 Å². The Morgan fingerprint density at radius 1 is 1.18 bits per heavy atom. The summed E-state index contributed by atoms with van der Waals surface area (Å²) in [6, 6.07) is 6.06. The summed E-state index contributed by atoms with van der Waals surface area (Å²) in [5.74, 6) is 1.03. The first-order chi connectivity index (χ1) is 7.88. The minimum absolute atomic E-state index is 0.515. The SMILES string of the molecule is Cc1ccc(-c2nc(C(C)(C)N)no2)cc1C. The van der Waals surface area contributed by atoms with Crippen molar-refractivity contribution in [3.05, 3.63) is 35.2 Å². The smallest absolute Gasteiger partial charge is 0.257 e. The quantitative estimate of drug-likeness (QED) is 0.862. The molecule has 0 spiro atoms. The molecule has 1 heterocycles. The maximum Gasteiger partial charge on any atom is 0.257 e. The van der Waals surface area contributed by atoms with Gasteiger partial charge in [-0.15, -0.1) is 0 Å². The number of benzene rings is 1. The van der Waals surface area contributed by atoms with Gasteiger partial charge in [-0.25, -0.2) is 0 Å². The average Bonchev–Trinajstić information content (AvgIpc) is 2.70. The van der Waals surface area contributed by atoms with E-state index in [1.165, 1.54) is 11.1 Å². The van der Waals surface area contributed by atoms with Crippen LogP contribution in [0.5, 0.6) is 0 Å². The zero-order valence-corrected chi connectivity index (χ0v) is 10.6. The van der Waals surface area contributed by atoms with Gasteiger partial charge in [-0.2, -0.15) is 4.98 Å². The third kappa shape index (κ3) is 2.36. The van der Waals surface area contributed by atoms with Crippen LogP contribution < -0.4 is 5.73 Å². The van der Waals surface area contributed by atoms with Crippen molar-refractivity contribution in [2.75, 3.05) is 0 Å². The summed E-state index contributed by atoms with van der Waals surface area (Å²) in [6.45, 7) is 7.83.